The van der Waals surface area contributed by atoms with Crippen LogP contribution in [0, 0.1) is 6.92 Å². The number of carboxylic acids is 1. The van der Waals surface area contributed by atoms with Crippen molar-refractivity contribution in [2.75, 3.05) is 26.3 Å². The highest BCUT2D eigenvalue weighted by Gasteiger charge is 2.31. The van der Waals surface area contributed by atoms with Gasteiger partial charge in [-0.15, -0.1) is 11.3 Å². The molecule has 1 saturated heterocycles. The zero-order valence-electron chi connectivity index (χ0n) is 14.6. The summed E-state index contributed by atoms with van der Waals surface area (Å²) in [6, 6.07) is 7.56. The molecule has 0 saturated carbocycles. The minimum Gasteiger partial charge on any atom is -0.494 e. The van der Waals surface area contributed by atoms with Crippen molar-refractivity contribution in [1.82, 2.24) is 9.88 Å². The average Bonchev–Trinajstić information content (AvgIpc) is 3.04. The molecule has 3 rings (SSSR count). The number of benzene rings is 1. The van der Waals surface area contributed by atoms with Gasteiger partial charge in [-0.2, -0.15) is 0 Å². The van der Waals surface area contributed by atoms with Gasteiger partial charge in [0.1, 0.15) is 15.6 Å². The molecule has 0 radical (unpaired) electrons. The average molecular weight is 376 g/mol. The third-order valence-electron chi connectivity index (χ3n) is 4.03. The molecule has 1 fully saturated rings. The first-order valence-electron chi connectivity index (χ1n) is 8.34. The van der Waals surface area contributed by atoms with E-state index >= 15 is 0 Å². The van der Waals surface area contributed by atoms with Crippen molar-refractivity contribution in [1.29, 1.82) is 0 Å². The van der Waals surface area contributed by atoms with Crippen molar-refractivity contribution in [3.63, 3.8) is 0 Å². The first-order chi connectivity index (χ1) is 12.5. The number of aliphatic carboxylic acids is 1. The molecule has 0 bridgehead atoms. The van der Waals surface area contributed by atoms with Crippen LogP contribution >= 0.6 is 11.3 Å². The van der Waals surface area contributed by atoms with Gasteiger partial charge in [-0.25, -0.2) is 9.78 Å². The summed E-state index contributed by atoms with van der Waals surface area (Å²) >= 11 is 1.31. The molecule has 1 aliphatic heterocycles. The number of carbonyl (C=O) groups is 2. The maximum atomic E-state index is 12.8. The first-order valence-corrected chi connectivity index (χ1v) is 9.15. The van der Waals surface area contributed by atoms with Crippen LogP contribution in [0.3, 0.4) is 0 Å². The Bertz CT molecular complexity index is 802. The number of nitrogens with zero attached hydrogens (tertiary/aromatic N) is 2. The highest BCUT2D eigenvalue weighted by Crippen LogP contribution is 2.30. The smallest absolute Gasteiger partial charge is 0.334 e. The van der Waals surface area contributed by atoms with E-state index in [9.17, 15) is 9.59 Å². The number of ether oxygens (including phenoxy) is 2. The van der Waals surface area contributed by atoms with Crippen LogP contribution < -0.4 is 4.74 Å². The summed E-state index contributed by atoms with van der Waals surface area (Å²) in [5, 5.41) is 9.84. The highest BCUT2D eigenvalue weighted by molar-refractivity contribution is 7.17. The Balaban J connectivity index is 1.79. The number of hydrogen-bond acceptors (Lipinski definition) is 6. The minimum atomic E-state index is -1.06. The topological polar surface area (TPSA) is 89.0 Å². The molecule has 1 atom stereocenters. The summed E-state index contributed by atoms with van der Waals surface area (Å²) in [6.45, 7) is 4.95. The zero-order valence-corrected chi connectivity index (χ0v) is 15.4. The standard InChI is InChI=1S/C18H20N2O5S/c1-3-24-13-6-4-12(5-7-13)16-19-11(2)15(26-16)17(21)20-8-9-25-14(10-20)18(22)23/h4-7,14H,3,8-10H2,1-2H3,(H,22,23)/t14-/m1/s1. The van der Waals surface area contributed by atoms with Crippen molar-refractivity contribution >= 4 is 23.2 Å². The van der Waals surface area contributed by atoms with E-state index < -0.39 is 12.1 Å². The molecule has 8 heteroatoms. The monoisotopic (exact) mass is 376 g/mol. The summed E-state index contributed by atoms with van der Waals surface area (Å²) in [5.74, 6) is -0.473. The molecule has 7 nitrogen and oxygen atoms in total. The van der Waals surface area contributed by atoms with Gasteiger partial charge in [0, 0.05) is 12.1 Å². The number of carbonyl (C=O) groups excluding carboxylic acids is 1. The molecule has 2 heterocycles. The van der Waals surface area contributed by atoms with E-state index in [1.807, 2.05) is 31.2 Å². The van der Waals surface area contributed by atoms with Crippen molar-refractivity contribution in [2.24, 2.45) is 0 Å². The minimum absolute atomic E-state index is 0.0455. The predicted octanol–water partition coefficient (Wildman–Crippen LogP) is 2.44. The Kier molecular flexibility index (Phi) is 5.53. The van der Waals surface area contributed by atoms with E-state index in [1.165, 1.54) is 16.2 Å². The summed E-state index contributed by atoms with van der Waals surface area (Å²) < 4.78 is 10.6. The van der Waals surface area contributed by atoms with Crippen molar-refractivity contribution in [2.45, 2.75) is 20.0 Å². The number of rotatable bonds is 5. The van der Waals surface area contributed by atoms with Crippen molar-refractivity contribution in [3.05, 3.63) is 34.8 Å². The van der Waals surface area contributed by atoms with Crippen LogP contribution in [0.15, 0.2) is 24.3 Å². The first kappa shape index (κ1) is 18.3. The van der Waals surface area contributed by atoms with Gasteiger partial charge in [-0.1, -0.05) is 0 Å². The number of carboxylic acid groups (broad SMARTS) is 1. The maximum Gasteiger partial charge on any atom is 0.334 e. The Hall–Kier alpha value is -2.45. The summed E-state index contributed by atoms with van der Waals surface area (Å²) in [4.78, 5) is 30.5. The van der Waals surface area contributed by atoms with Gasteiger partial charge in [0.2, 0.25) is 0 Å². The van der Waals surface area contributed by atoms with Crippen LogP contribution in [0.5, 0.6) is 5.75 Å². The van der Waals surface area contributed by atoms with Crippen LogP contribution in [-0.2, 0) is 9.53 Å². The van der Waals surface area contributed by atoms with Crippen molar-refractivity contribution < 1.29 is 24.2 Å². The van der Waals surface area contributed by atoms with Crippen LogP contribution in [0.1, 0.15) is 22.3 Å². The van der Waals surface area contributed by atoms with Gasteiger partial charge in [0.05, 0.1) is 25.5 Å². The Morgan fingerprint density at radius 1 is 1.38 bits per heavy atom. The molecular formula is C18H20N2O5S. The molecule has 1 aromatic carbocycles. The quantitative estimate of drug-likeness (QED) is 0.862. The number of morpholine rings is 1. The van der Waals surface area contributed by atoms with E-state index in [4.69, 9.17) is 14.6 Å². The van der Waals surface area contributed by atoms with E-state index in [-0.39, 0.29) is 19.1 Å². The fourth-order valence-electron chi connectivity index (χ4n) is 2.71. The van der Waals surface area contributed by atoms with Gasteiger partial charge < -0.3 is 19.5 Å². The lowest BCUT2D eigenvalue weighted by Crippen LogP contribution is -2.48. The predicted molar refractivity (Wildman–Crippen MR) is 96.7 cm³/mol. The third kappa shape index (κ3) is 3.86. The normalized spacial score (nSPS) is 17.2. The van der Waals surface area contributed by atoms with Crippen LogP contribution in [0.25, 0.3) is 10.6 Å². The Labute approximate surface area is 155 Å². The molecule has 0 aliphatic carbocycles. The Morgan fingerprint density at radius 3 is 2.77 bits per heavy atom. The second kappa shape index (κ2) is 7.84. The van der Waals surface area contributed by atoms with Crippen LogP contribution in [-0.4, -0.2) is 59.3 Å². The fraction of sp³-hybridized carbons (Fsp3) is 0.389. The zero-order chi connectivity index (χ0) is 18.7. The number of amides is 1. The second-order valence-electron chi connectivity index (χ2n) is 5.84. The molecule has 1 aliphatic rings. The number of hydrogen-bond donors (Lipinski definition) is 1. The van der Waals surface area contributed by atoms with Crippen molar-refractivity contribution in [3.8, 4) is 16.3 Å². The number of aromatic nitrogens is 1. The summed E-state index contributed by atoms with van der Waals surface area (Å²) in [5.41, 5.74) is 1.55. The molecular weight excluding hydrogens is 356 g/mol. The Morgan fingerprint density at radius 2 is 2.12 bits per heavy atom. The molecule has 1 aromatic heterocycles. The lowest BCUT2D eigenvalue weighted by Gasteiger charge is -2.30. The number of thiazole rings is 1. The van der Waals surface area contributed by atoms with Gasteiger partial charge in [-0.3, -0.25) is 4.79 Å². The lowest BCUT2D eigenvalue weighted by atomic mass is 10.2. The number of aryl methyl sites for hydroxylation is 1. The molecule has 2 aromatic rings. The molecule has 0 spiro atoms. The van der Waals surface area contributed by atoms with E-state index in [0.717, 1.165) is 16.3 Å². The van der Waals surface area contributed by atoms with Gasteiger partial charge in [-0.05, 0) is 38.1 Å². The van der Waals surface area contributed by atoms with Gasteiger partial charge in [0.15, 0.2) is 6.10 Å². The van der Waals surface area contributed by atoms with Crippen LogP contribution in [0.2, 0.25) is 0 Å². The summed E-state index contributed by atoms with van der Waals surface area (Å²) in [6.07, 6.45) is -0.980. The van der Waals surface area contributed by atoms with Crippen LogP contribution in [0.4, 0.5) is 0 Å². The molecule has 1 amide bonds. The van der Waals surface area contributed by atoms with Gasteiger partial charge >= 0.3 is 5.97 Å². The van der Waals surface area contributed by atoms with E-state index in [1.54, 1.807) is 6.92 Å². The van der Waals surface area contributed by atoms with Gasteiger partial charge in [0.25, 0.3) is 5.91 Å². The molecule has 1 N–H and O–H groups in total. The van der Waals surface area contributed by atoms with E-state index in [2.05, 4.69) is 4.98 Å². The second-order valence-corrected chi connectivity index (χ2v) is 6.84. The largest absolute Gasteiger partial charge is 0.494 e. The highest BCUT2D eigenvalue weighted by atomic mass is 32.1. The molecule has 26 heavy (non-hydrogen) atoms. The maximum absolute atomic E-state index is 12.8. The van der Waals surface area contributed by atoms with E-state index in [0.29, 0.717) is 23.7 Å². The third-order valence-corrected chi connectivity index (χ3v) is 5.23. The summed E-state index contributed by atoms with van der Waals surface area (Å²) in [7, 11) is 0. The molecule has 0 unspecified atom stereocenters. The fourth-order valence-corrected chi connectivity index (χ4v) is 3.75. The molecule has 138 valence electrons. The SMILES string of the molecule is CCOc1ccc(-c2nc(C)c(C(=O)N3CCO[C@@H](C(=O)O)C3)s2)cc1. The lowest BCUT2D eigenvalue weighted by molar-refractivity contribution is -0.154.